The Bertz CT molecular complexity index is 413. The lowest BCUT2D eigenvalue weighted by Crippen LogP contribution is -2.18. The van der Waals surface area contributed by atoms with Gasteiger partial charge in [0, 0.05) is 18.8 Å². The van der Waals surface area contributed by atoms with Crippen LogP contribution in [0.25, 0.3) is 0 Å². The summed E-state index contributed by atoms with van der Waals surface area (Å²) in [7, 11) is 1.51. The highest BCUT2D eigenvalue weighted by Crippen LogP contribution is 2.31. The van der Waals surface area contributed by atoms with E-state index in [0.29, 0.717) is 11.1 Å². The highest BCUT2D eigenvalue weighted by Gasteiger charge is 2.32. The highest BCUT2D eigenvalue weighted by atomic mass is 19.4. The number of hydrogen-bond donors (Lipinski definition) is 1. The maximum absolute atomic E-state index is 12.1. The van der Waals surface area contributed by atoms with Gasteiger partial charge in [0.05, 0.1) is 5.69 Å². The van der Waals surface area contributed by atoms with Crippen LogP contribution in [0.2, 0.25) is 0 Å². The van der Waals surface area contributed by atoms with Crippen molar-refractivity contribution >= 4 is 11.9 Å². The van der Waals surface area contributed by atoms with E-state index in [4.69, 9.17) is 5.73 Å². The molecule has 1 aromatic rings. The molecule has 0 aromatic heterocycles. The topological polar surface area (TPSA) is 47.6 Å². The van der Waals surface area contributed by atoms with E-state index in [9.17, 15) is 13.2 Å². The number of ether oxygens (including phenoxy) is 1. The van der Waals surface area contributed by atoms with Crippen molar-refractivity contribution in [3.05, 3.63) is 23.3 Å². The number of benzene rings is 1. The first-order chi connectivity index (χ1) is 7.33. The lowest BCUT2D eigenvalue weighted by Gasteiger charge is -2.13. The van der Waals surface area contributed by atoms with E-state index >= 15 is 0 Å². The third kappa shape index (κ3) is 3.15. The molecule has 3 nitrogen and oxygen atoms in total. The third-order valence-corrected chi connectivity index (χ3v) is 1.81. The van der Waals surface area contributed by atoms with Crippen LogP contribution in [-0.2, 0) is 0 Å². The van der Waals surface area contributed by atoms with Crippen molar-refractivity contribution in [2.24, 2.45) is 4.99 Å². The maximum atomic E-state index is 12.1. The molecule has 0 bridgehead atoms. The summed E-state index contributed by atoms with van der Waals surface area (Å²) in [5, 5.41) is 0. The van der Waals surface area contributed by atoms with Crippen LogP contribution >= 0.6 is 0 Å². The van der Waals surface area contributed by atoms with Gasteiger partial charge in [0.1, 0.15) is 0 Å². The number of nitrogen functional groups attached to an aromatic ring is 1. The zero-order chi connectivity index (χ0) is 12.3. The monoisotopic (exact) mass is 232 g/mol. The summed E-state index contributed by atoms with van der Waals surface area (Å²) in [4.78, 5) is 3.70. The van der Waals surface area contributed by atoms with Crippen LogP contribution in [0.5, 0.6) is 5.75 Å². The van der Waals surface area contributed by atoms with Gasteiger partial charge in [0.15, 0.2) is 5.75 Å². The zero-order valence-electron chi connectivity index (χ0n) is 8.80. The Balaban J connectivity index is 3.19. The number of aliphatic imine (C=N–C) groups is 1. The first-order valence-electron chi connectivity index (χ1n) is 4.41. The molecule has 88 valence electrons. The number of nitrogens with zero attached hydrogens (tertiary/aromatic N) is 1. The first-order valence-corrected chi connectivity index (χ1v) is 4.41. The highest BCUT2D eigenvalue weighted by molar-refractivity contribution is 5.89. The number of nitrogens with two attached hydrogens (primary N) is 1. The van der Waals surface area contributed by atoms with Gasteiger partial charge in [-0.1, -0.05) is 0 Å². The van der Waals surface area contributed by atoms with Gasteiger partial charge in [-0.05, 0) is 24.6 Å². The molecule has 0 heterocycles. The van der Waals surface area contributed by atoms with E-state index in [0.717, 1.165) is 0 Å². The first kappa shape index (κ1) is 12.4. The zero-order valence-corrected chi connectivity index (χ0v) is 8.80. The Morgan fingerprint density at radius 1 is 1.38 bits per heavy atom. The lowest BCUT2D eigenvalue weighted by atomic mass is 10.1. The summed E-state index contributed by atoms with van der Waals surface area (Å²) in [5.41, 5.74) is 6.47. The second kappa shape index (κ2) is 4.42. The molecule has 0 amide bonds. The van der Waals surface area contributed by atoms with Crippen molar-refractivity contribution in [1.82, 2.24) is 0 Å². The molecule has 0 aliphatic heterocycles. The number of aryl methyl sites for hydroxylation is 1. The fourth-order valence-electron chi connectivity index (χ4n) is 1.25. The van der Waals surface area contributed by atoms with Gasteiger partial charge >= 0.3 is 6.36 Å². The molecule has 0 aliphatic rings. The van der Waals surface area contributed by atoms with Crippen molar-refractivity contribution in [2.45, 2.75) is 13.3 Å². The van der Waals surface area contributed by atoms with Gasteiger partial charge in [0.25, 0.3) is 0 Å². The van der Waals surface area contributed by atoms with E-state index in [-0.39, 0.29) is 5.69 Å². The van der Waals surface area contributed by atoms with Crippen LogP contribution in [0.4, 0.5) is 18.9 Å². The molecule has 0 saturated carbocycles. The fraction of sp³-hybridized carbons (Fsp3) is 0.300. The number of hydrogen-bond acceptors (Lipinski definition) is 3. The predicted molar refractivity (Wildman–Crippen MR) is 55.8 cm³/mol. The molecule has 0 radical (unpaired) electrons. The van der Waals surface area contributed by atoms with Crippen LogP contribution in [0.1, 0.15) is 11.1 Å². The van der Waals surface area contributed by atoms with Gasteiger partial charge in [-0.25, -0.2) is 0 Å². The van der Waals surface area contributed by atoms with Crippen LogP contribution in [-0.4, -0.2) is 19.6 Å². The molecule has 1 rings (SSSR count). The Labute approximate surface area is 90.7 Å². The summed E-state index contributed by atoms with van der Waals surface area (Å²) < 4.78 is 40.0. The van der Waals surface area contributed by atoms with E-state index in [1.54, 1.807) is 13.0 Å². The minimum atomic E-state index is -4.75. The molecule has 0 aliphatic carbocycles. The summed E-state index contributed by atoms with van der Waals surface area (Å²) >= 11 is 0. The molecule has 0 saturated heterocycles. The number of anilines is 1. The Hall–Kier alpha value is -1.72. The van der Waals surface area contributed by atoms with E-state index in [1.807, 2.05) is 0 Å². The average Bonchev–Trinajstić information content (AvgIpc) is 2.11. The second-order valence-corrected chi connectivity index (χ2v) is 3.20. The molecule has 16 heavy (non-hydrogen) atoms. The maximum Gasteiger partial charge on any atom is 0.573 e. The smallest absolute Gasteiger partial charge is 0.404 e. The minimum absolute atomic E-state index is 0.0754. The fourth-order valence-corrected chi connectivity index (χ4v) is 1.25. The third-order valence-electron chi connectivity index (χ3n) is 1.81. The van der Waals surface area contributed by atoms with Crippen molar-refractivity contribution in [2.75, 3.05) is 12.8 Å². The van der Waals surface area contributed by atoms with Crippen LogP contribution in [0.15, 0.2) is 17.1 Å². The molecular formula is C10H11F3N2O. The summed E-state index contributed by atoms with van der Waals surface area (Å²) in [6, 6.07) is 2.86. The normalized spacial score (nSPS) is 12.1. The van der Waals surface area contributed by atoms with Crippen LogP contribution < -0.4 is 10.5 Å². The molecule has 0 unspecified atom stereocenters. The largest absolute Gasteiger partial charge is 0.573 e. The number of alkyl halides is 3. The predicted octanol–water partition coefficient (Wildman–Crippen LogP) is 2.52. The molecule has 0 spiro atoms. The van der Waals surface area contributed by atoms with E-state index in [2.05, 4.69) is 9.73 Å². The molecule has 1 aromatic carbocycles. The molecular weight excluding hydrogens is 221 g/mol. The van der Waals surface area contributed by atoms with Gasteiger partial charge in [-0.2, -0.15) is 0 Å². The van der Waals surface area contributed by atoms with E-state index in [1.165, 1.54) is 19.3 Å². The molecule has 6 heteroatoms. The van der Waals surface area contributed by atoms with Crippen LogP contribution in [0.3, 0.4) is 0 Å². The summed E-state index contributed by atoms with van der Waals surface area (Å²) in [6.07, 6.45) is -3.37. The number of rotatable bonds is 2. The van der Waals surface area contributed by atoms with Crippen molar-refractivity contribution in [3.63, 3.8) is 0 Å². The Kier molecular flexibility index (Phi) is 3.41. The van der Waals surface area contributed by atoms with Crippen molar-refractivity contribution in [1.29, 1.82) is 0 Å². The van der Waals surface area contributed by atoms with Gasteiger partial charge in [-0.15, -0.1) is 13.2 Å². The van der Waals surface area contributed by atoms with Crippen LogP contribution in [0, 0.1) is 6.92 Å². The van der Waals surface area contributed by atoms with E-state index < -0.39 is 12.1 Å². The minimum Gasteiger partial charge on any atom is -0.404 e. The molecule has 2 N–H and O–H groups in total. The summed E-state index contributed by atoms with van der Waals surface area (Å²) in [6.45, 7) is 1.65. The molecule has 0 fully saturated rings. The quantitative estimate of drug-likeness (QED) is 0.629. The van der Waals surface area contributed by atoms with Crippen molar-refractivity contribution in [3.8, 4) is 5.75 Å². The molecule has 0 atom stereocenters. The SMILES string of the molecule is CN=Cc1cc(C)cc(OC(F)(F)F)c1N. The van der Waals surface area contributed by atoms with Gasteiger partial charge in [-0.3, -0.25) is 4.99 Å². The Morgan fingerprint density at radius 3 is 2.50 bits per heavy atom. The van der Waals surface area contributed by atoms with Gasteiger partial charge < -0.3 is 10.5 Å². The second-order valence-electron chi connectivity index (χ2n) is 3.20. The van der Waals surface area contributed by atoms with Gasteiger partial charge in [0.2, 0.25) is 0 Å². The standard InChI is InChI=1S/C10H11F3N2O/c1-6-3-7(5-15-2)9(14)8(4-6)16-10(11,12)13/h3-5H,14H2,1-2H3. The van der Waals surface area contributed by atoms with Crippen molar-refractivity contribution < 1.29 is 17.9 Å². The average molecular weight is 232 g/mol. The Morgan fingerprint density at radius 2 is 2.00 bits per heavy atom. The number of halogens is 3. The lowest BCUT2D eigenvalue weighted by molar-refractivity contribution is -0.274. The summed E-state index contributed by atoms with van der Waals surface area (Å²) in [5.74, 6) is -0.401.